The molecule has 1 aromatic heterocycles. The van der Waals surface area contributed by atoms with Gasteiger partial charge in [0.1, 0.15) is 4.88 Å². The van der Waals surface area contributed by atoms with Gasteiger partial charge in [-0.15, -0.1) is 0 Å². The highest BCUT2D eigenvalue weighted by molar-refractivity contribution is 7.17. The number of anilines is 1. The molecule has 0 spiro atoms. The Kier molecular flexibility index (Phi) is 4.09. The van der Waals surface area contributed by atoms with Gasteiger partial charge >= 0.3 is 5.97 Å². The Morgan fingerprint density at radius 3 is 2.29 bits per heavy atom. The molecular formula is C15H16N2O3S. The van der Waals surface area contributed by atoms with E-state index in [0.717, 1.165) is 16.9 Å². The summed E-state index contributed by atoms with van der Waals surface area (Å²) in [6.07, 6.45) is 1.23. The molecule has 0 radical (unpaired) electrons. The van der Waals surface area contributed by atoms with Crippen molar-refractivity contribution in [1.29, 1.82) is 0 Å². The first-order valence-electron chi connectivity index (χ1n) is 6.38. The van der Waals surface area contributed by atoms with Gasteiger partial charge in [0.25, 0.3) is 5.91 Å². The number of carboxylic acid groups (broad SMARTS) is 1. The molecule has 0 aliphatic rings. The lowest BCUT2D eigenvalue weighted by Gasteiger charge is -2.18. The first kappa shape index (κ1) is 15.2. The highest BCUT2D eigenvalue weighted by Gasteiger charge is 2.15. The zero-order valence-electron chi connectivity index (χ0n) is 12.0. The average molecular weight is 304 g/mol. The van der Waals surface area contributed by atoms with E-state index >= 15 is 0 Å². The Bertz CT molecular complexity index is 669. The number of hydrogen-bond acceptors (Lipinski definition) is 4. The normalized spacial score (nSPS) is 11.2. The van der Waals surface area contributed by atoms with Crippen LogP contribution in [-0.2, 0) is 5.41 Å². The lowest BCUT2D eigenvalue weighted by atomic mass is 9.87. The molecule has 1 heterocycles. The van der Waals surface area contributed by atoms with Crippen molar-refractivity contribution < 1.29 is 14.7 Å². The van der Waals surface area contributed by atoms with Gasteiger partial charge in [-0.1, -0.05) is 44.2 Å². The number of carbonyl (C=O) groups excluding carboxylic acids is 1. The fourth-order valence-corrected chi connectivity index (χ4v) is 2.37. The highest BCUT2D eigenvalue weighted by Crippen LogP contribution is 2.23. The molecular weight excluding hydrogens is 288 g/mol. The minimum atomic E-state index is -1.05. The van der Waals surface area contributed by atoms with E-state index in [9.17, 15) is 9.59 Å². The predicted octanol–water partition coefficient (Wildman–Crippen LogP) is 3.39. The fraction of sp³-hybridized carbons (Fsp3) is 0.267. The molecule has 0 atom stereocenters. The molecule has 0 aliphatic carbocycles. The van der Waals surface area contributed by atoms with Gasteiger partial charge in [0.05, 0.1) is 6.20 Å². The number of aromatic carboxylic acids is 1. The number of benzene rings is 1. The molecule has 0 fully saturated rings. The molecule has 2 aromatic rings. The Balaban J connectivity index is 2.11. The van der Waals surface area contributed by atoms with Crippen molar-refractivity contribution in [1.82, 2.24) is 4.98 Å². The number of amides is 1. The summed E-state index contributed by atoms with van der Waals surface area (Å²) < 4.78 is 0. The fourth-order valence-electron chi connectivity index (χ4n) is 1.72. The summed E-state index contributed by atoms with van der Waals surface area (Å²) in [4.78, 5) is 26.8. The van der Waals surface area contributed by atoms with Gasteiger partial charge in [-0.3, -0.25) is 10.1 Å². The standard InChI is InChI=1S/C15H16N2O3S/c1-15(2,3)10-6-4-9(5-7-10)12(18)17-14-16-8-11(21-14)13(19)20/h4-8H,1-3H3,(H,19,20)(H,16,17,18). The van der Waals surface area contributed by atoms with Gasteiger partial charge in [0, 0.05) is 5.56 Å². The summed E-state index contributed by atoms with van der Waals surface area (Å²) in [5.74, 6) is -1.36. The predicted molar refractivity (Wildman–Crippen MR) is 82.2 cm³/mol. The van der Waals surface area contributed by atoms with Gasteiger partial charge in [-0.05, 0) is 23.1 Å². The summed E-state index contributed by atoms with van der Waals surface area (Å²) in [5.41, 5.74) is 1.68. The summed E-state index contributed by atoms with van der Waals surface area (Å²) in [6.45, 7) is 6.31. The molecule has 1 amide bonds. The first-order chi connectivity index (χ1) is 9.77. The van der Waals surface area contributed by atoms with Crippen LogP contribution < -0.4 is 5.32 Å². The molecule has 110 valence electrons. The van der Waals surface area contributed by atoms with Crippen molar-refractivity contribution in [3.05, 3.63) is 46.5 Å². The SMILES string of the molecule is CC(C)(C)c1ccc(C(=O)Nc2ncc(C(=O)O)s2)cc1. The molecule has 0 bridgehead atoms. The molecule has 0 unspecified atom stereocenters. The zero-order valence-corrected chi connectivity index (χ0v) is 12.8. The van der Waals surface area contributed by atoms with Crippen molar-refractivity contribution in [2.24, 2.45) is 0 Å². The molecule has 0 saturated carbocycles. The Labute approximate surface area is 126 Å². The maximum atomic E-state index is 12.1. The van der Waals surface area contributed by atoms with Crippen LogP contribution in [-0.4, -0.2) is 22.0 Å². The second-order valence-corrected chi connectivity index (χ2v) is 6.65. The number of carbonyl (C=O) groups is 2. The third kappa shape index (κ3) is 3.66. The van der Waals surface area contributed by atoms with Crippen molar-refractivity contribution in [2.45, 2.75) is 26.2 Å². The Hall–Kier alpha value is -2.21. The zero-order chi connectivity index (χ0) is 15.6. The van der Waals surface area contributed by atoms with E-state index in [2.05, 4.69) is 31.1 Å². The largest absolute Gasteiger partial charge is 0.477 e. The van der Waals surface area contributed by atoms with Gasteiger partial charge in [0.15, 0.2) is 5.13 Å². The topological polar surface area (TPSA) is 79.3 Å². The molecule has 5 nitrogen and oxygen atoms in total. The van der Waals surface area contributed by atoms with Crippen LogP contribution in [0.2, 0.25) is 0 Å². The van der Waals surface area contributed by atoms with Crippen LogP contribution in [0.3, 0.4) is 0 Å². The lowest BCUT2D eigenvalue weighted by molar-refractivity contribution is 0.0701. The quantitative estimate of drug-likeness (QED) is 0.911. The van der Waals surface area contributed by atoms with Crippen molar-refractivity contribution in [2.75, 3.05) is 5.32 Å². The number of nitrogens with one attached hydrogen (secondary N) is 1. The Morgan fingerprint density at radius 1 is 1.19 bits per heavy atom. The lowest BCUT2D eigenvalue weighted by Crippen LogP contribution is -2.14. The van der Waals surface area contributed by atoms with Crippen LogP contribution in [0.15, 0.2) is 30.5 Å². The van der Waals surface area contributed by atoms with Gasteiger partial charge in [0.2, 0.25) is 0 Å². The molecule has 21 heavy (non-hydrogen) atoms. The van der Waals surface area contributed by atoms with E-state index in [1.807, 2.05) is 12.1 Å². The maximum absolute atomic E-state index is 12.1. The third-order valence-electron chi connectivity index (χ3n) is 2.95. The van der Waals surface area contributed by atoms with Gasteiger partial charge in [-0.2, -0.15) is 0 Å². The van der Waals surface area contributed by atoms with Crippen LogP contribution in [0.4, 0.5) is 5.13 Å². The number of rotatable bonds is 3. The minimum absolute atomic E-state index is 0.0285. The second-order valence-electron chi connectivity index (χ2n) is 5.62. The van der Waals surface area contributed by atoms with E-state index in [1.54, 1.807) is 12.1 Å². The maximum Gasteiger partial charge on any atom is 0.347 e. The van der Waals surface area contributed by atoms with E-state index in [4.69, 9.17) is 5.11 Å². The van der Waals surface area contributed by atoms with Gasteiger partial charge in [-0.25, -0.2) is 9.78 Å². The molecule has 0 aliphatic heterocycles. The van der Waals surface area contributed by atoms with Crippen LogP contribution in [0.5, 0.6) is 0 Å². The number of aromatic nitrogens is 1. The summed E-state index contributed by atoms with van der Waals surface area (Å²) in [5, 5.41) is 11.7. The molecule has 2 rings (SSSR count). The van der Waals surface area contributed by atoms with Crippen LogP contribution in [0.25, 0.3) is 0 Å². The Morgan fingerprint density at radius 2 is 1.81 bits per heavy atom. The minimum Gasteiger partial charge on any atom is -0.477 e. The third-order valence-corrected chi connectivity index (χ3v) is 3.85. The highest BCUT2D eigenvalue weighted by atomic mass is 32.1. The van der Waals surface area contributed by atoms with Gasteiger partial charge < -0.3 is 5.11 Å². The van der Waals surface area contributed by atoms with E-state index in [0.29, 0.717) is 5.56 Å². The molecule has 6 heteroatoms. The number of hydrogen-bond donors (Lipinski definition) is 2. The summed E-state index contributed by atoms with van der Waals surface area (Å²) >= 11 is 0.929. The molecule has 2 N–H and O–H groups in total. The van der Waals surface area contributed by atoms with Crippen molar-refractivity contribution in [3.63, 3.8) is 0 Å². The number of nitrogens with zero attached hydrogens (tertiary/aromatic N) is 1. The monoisotopic (exact) mass is 304 g/mol. The first-order valence-corrected chi connectivity index (χ1v) is 7.20. The second kappa shape index (κ2) is 5.65. The smallest absolute Gasteiger partial charge is 0.347 e. The average Bonchev–Trinajstić information content (AvgIpc) is 2.86. The van der Waals surface area contributed by atoms with Crippen LogP contribution in [0, 0.1) is 0 Å². The summed E-state index contributed by atoms with van der Waals surface area (Å²) in [7, 11) is 0. The summed E-state index contributed by atoms with van der Waals surface area (Å²) in [6, 6.07) is 7.34. The van der Waals surface area contributed by atoms with Crippen LogP contribution >= 0.6 is 11.3 Å². The van der Waals surface area contributed by atoms with E-state index < -0.39 is 5.97 Å². The van der Waals surface area contributed by atoms with E-state index in [1.165, 1.54) is 6.20 Å². The van der Waals surface area contributed by atoms with E-state index in [-0.39, 0.29) is 21.3 Å². The van der Waals surface area contributed by atoms with Crippen molar-refractivity contribution >= 4 is 28.3 Å². The molecule has 0 saturated heterocycles. The van der Waals surface area contributed by atoms with Crippen LogP contribution in [0.1, 0.15) is 46.4 Å². The molecule has 1 aromatic carbocycles. The number of carboxylic acids is 1. The number of thiazole rings is 1. The van der Waals surface area contributed by atoms with Crippen molar-refractivity contribution in [3.8, 4) is 0 Å².